The lowest BCUT2D eigenvalue weighted by Gasteiger charge is -2.28. The lowest BCUT2D eigenvalue weighted by molar-refractivity contribution is 0.509. The fraction of sp³-hybridized carbons (Fsp3) is 0.222. The van der Waals surface area contributed by atoms with E-state index in [1.165, 1.54) is 18.2 Å². The molecule has 0 atom stereocenters. The Morgan fingerprint density at radius 2 is 1.68 bits per heavy atom. The SMILES string of the molecule is Fc1ccc2c(-c3ccc(F)c(F)c3)nc(N3CCNCC3)nc2c1. The van der Waals surface area contributed by atoms with Crippen LogP contribution < -0.4 is 10.2 Å². The highest BCUT2D eigenvalue weighted by Crippen LogP contribution is 2.29. The number of benzene rings is 2. The predicted octanol–water partition coefficient (Wildman–Crippen LogP) is 3.12. The Morgan fingerprint density at radius 1 is 0.880 bits per heavy atom. The first-order valence-corrected chi connectivity index (χ1v) is 8.00. The first-order valence-electron chi connectivity index (χ1n) is 8.00. The Bertz CT molecular complexity index is 939. The van der Waals surface area contributed by atoms with Gasteiger partial charge in [-0.1, -0.05) is 0 Å². The first-order chi connectivity index (χ1) is 12.1. The van der Waals surface area contributed by atoms with Crippen LogP contribution >= 0.6 is 0 Å². The summed E-state index contributed by atoms with van der Waals surface area (Å²) in [4.78, 5) is 11.0. The van der Waals surface area contributed by atoms with Crippen LogP contribution in [-0.4, -0.2) is 36.1 Å². The van der Waals surface area contributed by atoms with Crippen molar-refractivity contribution >= 4 is 16.9 Å². The molecule has 1 saturated heterocycles. The molecule has 0 aliphatic carbocycles. The number of hydrogen-bond acceptors (Lipinski definition) is 4. The van der Waals surface area contributed by atoms with E-state index >= 15 is 0 Å². The Labute approximate surface area is 142 Å². The molecule has 1 aliphatic rings. The van der Waals surface area contributed by atoms with Crippen molar-refractivity contribution in [1.82, 2.24) is 15.3 Å². The minimum Gasteiger partial charge on any atom is -0.338 e. The molecule has 2 aromatic carbocycles. The Morgan fingerprint density at radius 3 is 2.44 bits per heavy atom. The zero-order valence-corrected chi connectivity index (χ0v) is 13.3. The molecule has 0 spiro atoms. The molecule has 4 nitrogen and oxygen atoms in total. The first kappa shape index (κ1) is 15.8. The van der Waals surface area contributed by atoms with Gasteiger partial charge < -0.3 is 10.2 Å². The third-order valence-electron chi connectivity index (χ3n) is 4.24. The number of anilines is 1. The summed E-state index contributed by atoms with van der Waals surface area (Å²) in [5.41, 5.74) is 1.31. The minimum absolute atomic E-state index is 0.409. The fourth-order valence-corrected chi connectivity index (χ4v) is 2.96. The average Bonchev–Trinajstić information content (AvgIpc) is 2.63. The van der Waals surface area contributed by atoms with Crippen molar-refractivity contribution in [2.24, 2.45) is 0 Å². The van der Waals surface area contributed by atoms with Gasteiger partial charge in [-0.25, -0.2) is 23.1 Å². The summed E-state index contributed by atoms with van der Waals surface area (Å²) in [5.74, 6) is -1.82. The molecular formula is C18H15F3N4. The van der Waals surface area contributed by atoms with Crippen molar-refractivity contribution in [3.8, 4) is 11.3 Å². The Hall–Kier alpha value is -2.67. The quantitative estimate of drug-likeness (QED) is 0.776. The maximum absolute atomic E-state index is 13.7. The maximum Gasteiger partial charge on any atom is 0.226 e. The van der Waals surface area contributed by atoms with Crippen molar-refractivity contribution in [1.29, 1.82) is 0 Å². The van der Waals surface area contributed by atoms with Gasteiger partial charge in [0.1, 0.15) is 5.82 Å². The van der Waals surface area contributed by atoms with Gasteiger partial charge in [0, 0.05) is 43.2 Å². The molecule has 2 heterocycles. The van der Waals surface area contributed by atoms with Crippen LogP contribution in [0.3, 0.4) is 0 Å². The van der Waals surface area contributed by atoms with Crippen LogP contribution in [0.5, 0.6) is 0 Å². The molecule has 7 heteroatoms. The highest BCUT2D eigenvalue weighted by Gasteiger charge is 2.18. The second-order valence-electron chi connectivity index (χ2n) is 5.90. The molecule has 1 fully saturated rings. The van der Waals surface area contributed by atoms with Gasteiger partial charge >= 0.3 is 0 Å². The molecule has 128 valence electrons. The summed E-state index contributed by atoms with van der Waals surface area (Å²) in [7, 11) is 0. The third kappa shape index (κ3) is 3.02. The smallest absolute Gasteiger partial charge is 0.226 e. The molecule has 3 aromatic rings. The van der Waals surface area contributed by atoms with Gasteiger partial charge in [-0.15, -0.1) is 0 Å². The van der Waals surface area contributed by atoms with Crippen molar-refractivity contribution in [3.05, 3.63) is 53.8 Å². The number of fused-ring (bicyclic) bond motifs is 1. The molecule has 0 bridgehead atoms. The van der Waals surface area contributed by atoms with Gasteiger partial charge in [-0.3, -0.25) is 0 Å². The second-order valence-corrected chi connectivity index (χ2v) is 5.90. The van der Waals surface area contributed by atoms with E-state index in [1.54, 1.807) is 6.07 Å². The van der Waals surface area contributed by atoms with Crippen molar-refractivity contribution in [2.45, 2.75) is 0 Å². The standard InChI is InChI=1S/C18H15F3N4/c19-12-2-3-13-16(10-12)23-18(25-7-5-22-6-8-25)24-17(13)11-1-4-14(20)15(21)9-11/h1-4,9-10,22H,5-8H2. The van der Waals surface area contributed by atoms with Gasteiger partial charge in [0.05, 0.1) is 11.2 Å². The molecular weight excluding hydrogens is 329 g/mol. The summed E-state index contributed by atoms with van der Waals surface area (Å²) in [6.45, 7) is 3.03. The van der Waals surface area contributed by atoms with Crippen molar-refractivity contribution in [3.63, 3.8) is 0 Å². The van der Waals surface area contributed by atoms with Crippen LogP contribution in [0.15, 0.2) is 36.4 Å². The third-order valence-corrected chi connectivity index (χ3v) is 4.24. The Kier molecular flexibility index (Phi) is 4.01. The van der Waals surface area contributed by atoms with E-state index in [-0.39, 0.29) is 0 Å². The number of nitrogens with one attached hydrogen (secondary N) is 1. The lowest BCUT2D eigenvalue weighted by Crippen LogP contribution is -2.44. The molecule has 0 amide bonds. The van der Waals surface area contributed by atoms with Crippen LogP contribution in [-0.2, 0) is 0 Å². The minimum atomic E-state index is -0.949. The van der Waals surface area contributed by atoms with Gasteiger partial charge in [0.2, 0.25) is 5.95 Å². The molecule has 0 unspecified atom stereocenters. The van der Waals surface area contributed by atoms with Crippen molar-refractivity contribution in [2.75, 3.05) is 31.1 Å². The topological polar surface area (TPSA) is 41.1 Å². The summed E-state index contributed by atoms with van der Waals surface area (Å²) in [6, 6.07) is 7.81. The molecule has 25 heavy (non-hydrogen) atoms. The van der Waals surface area contributed by atoms with Crippen LogP contribution in [0.1, 0.15) is 0 Å². The molecule has 4 rings (SSSR count). The van der Waals surface area contributed by atoms with Crippen molar-refractivity contribution < 1.29 is 13.2 Å². The molecule has 1 aliphatic heterocycles. The summed E-state index contributed by atoms with van der Waals surface area (Å²) in [5, 5.41) is 3.83. The molecule has 1 N–H and O–H groups in total. The number of aromatic nitrogens is 2. The van der Waals surface area contributed by atoms with Crippen LogP contribution in [0.25, 0.3) is 22.2 Å². The number of nitrogens with zero attached hydrogens (tertiary/aromatic N) is 3. The highest BCUT2D eigenvalue weighted by atomic mass is 19.2. The van der Waals surface area contributed by atoms with Gasteiger partial charge in [-0.05, 0) is 30.3 Å². The largest absolute Gasteiger partial charge is 0.338 e. The normalized spacial score (nSPS) is 14.9. The number of halogens is 3. The van der Waals surface area contributed by atoms with Crippen LogP contribution in [0, 0.1) is 17.5 Å². The Balaban J connectivity index is 1.92. The summed E-state index contributed by atoms with van der Waals surface area (Å²) in [6.07, 6.45) is 0. The van der Waals surface area contributed by atoms with Gasteiger partial charge in [0.25, 0.3) is 0 Å². The zero-order chi connectivity index (χ0) is 17.4. The van der Waals surface area contributed by atoms with E-state index in [2.05, 4.69) is 15.3 Å². The van der Waals surface area contributed by atoms with Crippen LogP contribution in [0.4, 0.5) is 19.1 Å². The fourth-order valence-electron chi connectivity index (χ4n) is 2.96. The van der Waals surface area contributed by atoms with Crippen LogP contribution in [0.2, 0.25) is 0 Å². The molecule has 0 radical (unpaired) electrons. The van der Waals surface area contributed by atoms with E-state index in [9.17, 15) is 13.2 Å². The van der Waals surface area contributed by atoms with E-state index < -0.39 is 17.5 Å². The second kappa shape index (κ2) is 6.33. The lowest BCUT2D eigenvalue weighted by atomic mass is 10.1. The average molecular weight is 344 g/mol. The van der Waals surface area contributed by atoms with Gasteiger partial charge in [0.15, 0.2) is 11.6 Å². The monoisotopic (exact) mass is 344 g/mol. The number of hydrogen-bond donors (Lipinski definition) is 1. The highest BCUT2D eigenvalue weighted by molar-refractivity contribution is 5.93. The summed E-state index contributed by atoms with van der Waals surface area (Å²) >= 11 is 0. The molecule has 0 saturated carbocycles. The predicted molar refractivity (Wildman–Crippen MR) is 89.9 cm³/mol. The van der Waals surface area contributed by atoms with E-state index in [0.717, 1.165) is 38.3 Å². The number of piperazine rings is 1. The van der Waals surface area contributed by atoms with E-state index in [4.69, 9.17) is 0 Å². The van der Waals surface area contributed by atoms with Gasteiger partial charge in [-0.2, -0.15) is 0 Å². The van der Waals surface area contributed by atoms with E-state index in [1.807, 2.05) is 4.90 Å². The molecule has 1 aromatic heterocycles. The zero-order valence-electron chi connectivity index (χ0n) is 13.3. The summed E-state index contributed by atoms with van der Waals surface area (Å²) < 4.78 is 40.6. The van der Waals surface area contributed by atoms with E-state index in [0.29, 0.717) is 28.1 Å². The number of rotatable bonds is 2. The maximum atomic E-state index is 13.7.